The van der Waals surface area contributed by atoms with Crippen molar-refractivity contribution >= 4 is 6.29 Å². The van der Waals surface area contributed by atoms with Crippen molar-refractivity contribution in [1.82, 2.24) is 9.55 Å². The minimum Gasteiger partial charge on any atom is -0.488 e. The van der Waals surface area contributed by atoms with E-state index in [9.17, 15) is 9.18 Å². The zero-order chi connectivity index (χ0) is 13.0. The number of imidazole rings is 1. The maximum atomic E-state index is 13.5. The summed E-state index contributed by atoms with van der Waals surface area (Å²) in [5, 5.41) is 0. The fourth-order valence-corrected chi connectivity index (χ4v) is 1.66. The maximum absolute atomic E-state index is 13.5. The van der Waals surface area contributed by atoms with Crippen molar-refractivity contribution < 1.29 is 13.9 Å². The Morgan fingerprint density at radius 1 is 1.50 bits per heavy atom. The van der Waals surface area contributed by atoms with Gasteiger partial charge in [-0.3, -0.25) is 4.79 Å². The molecule has 1 aromatic carbocycles. The second-order valence-corrected chi connectivity index (χ2v) is 3.79. The number of rotatable bonds is 5. The third-order valence-corrected chi connectivity index (χ3v) is 2.63. The fraction of sp³-hybridized carbons (Fsp3) is 0.231. The predicted molar refractivity (Wildman–Crippen MR) is 64.2 cm³/mol. The van der Waals surface area contributed by atoms with Crippen molar-refractivity contribution in [2.24, 2.45) is 0 Å². The largest absolute Gasteiger partial charge is 0.488 e. The first-order chi connectivity index (χ1) is 8.72. The molecular formula is C13H13FN2O2. The molecule has 0 radical (unpaired) electrons. The molecule has 0 saturated heterocycles. The van der Waals surface area contributed by atoms with E-state index in [2.05, 4.69) is 4.98 Å². The van der Waals surface area contributed by atoms with Gasteiger partial charge in [-0.25, -0.2) is 9.37 Å². The van der Waals surface area contributed by atoms with Crippen molar-refractivity contribution in [2.45, 2.75) is 13.5 Å². The van der Waals surface area contributed by atoms with E-state index in [-0.39, 0.29) is 17.9 Å². The monoisotopic (exact) mass is 248 g/mol. The Hall–Kier alpha value is -2.17. The van der Waals surface area contributed by atoms with E-state index >= 15 is 0 Å². The highest BCUT2D eigenvalue weighted by atomic mass is 19.1. The van der Waals surface area contributed by atoms with E-state index in [1.54, 1.807) is 6.20 Å². The van der Waals surface area contributed by atoms with Crippen LogP contribution in [0.2, 0.25) is 0 Å². The number of aldehydes is 1. The lowest BCUT2D eigenvalue weighted by molar-refractivity contribution is 0.111. The Morgan fingerprint density at radius 2 is 2.33 bits per heavy atom. The number of para-hydroxylation sites is 1. The summed E-state index contributed by atoms with van der Waals surface area (Å²) in [4.78, 5) is 14.8. The van der Waals surface area contributed by atoms with Crippen LogP contribution in [-0.4, -0.2) is 22.4 Å². The molecule has 1 heterocycles. The SMILES string of the molecule is Cc1nccn1CCOc1c(F)cccc1C=O. The highest BCUT2D eigenvalue weighted by Crippen LogP contribution is 2.20. The number of aryl methyl sites for hydroxylation is 1. The molecule has 94 valence electrons. The summed E-state index contributed by atoms with van der Waals surface area (Å²) in [6.45, 7) is 2.71. The van der Waals surface area contributed by atoms with Gasteiger partial charge in [-0.15, -0.1) is 0 Å². The van der Waals surface area contributed by atoms with Crippen LogP contribution in [0.1, 0.15) is 16.2 Å². The van der Waals surface area contributed by atoms with Gasteiger partial charge < -0.3 is 9.30 Å². The molecule has 0 amide bonds. The minimum absolute atomic E-state index is 0.00488. The number of hydrogen-bond donors (Lipinski definition) is 0. The van der Waals surface area contributed by atoms with Gasteiger partial charge in [0.05, 0.1) is 12.1 Å². The quantitative estimate of drug-likeness (QED) is 0.762. The van der Waals surface area contributed by atoms with Gasteiger partial charge in [-0.1, -0.05) is 6.07 Å². The van der Waals surface area contributed by atoms with Crippen molar-refractivity contribution in [2.75, 3.05) is 6.61 Å². The Kier molecular flexibility index (Phi) is 3.72. The summed E-state index contributed by atoms with van der Waals surface area (Å²) >= 11 is 0. The summed E-state index contributed by atoms with van der Waals surface area (Å²) in [6.07, 6.45) is 4.09. The van der Waals surface area contributed by atoms with Crippen LogP contribution >= 0.6 is 0 Å². The number of nitrogens with zero attached hydrogens (tertiary/aromatic N) is 2. The lowest BCUT2D eigenvalue weighted by atomic mass is 10.2. The summed E-state index contributed by atoms with van der Waals surface area (Å²) in [5.41, 5.74) is 0.220. The fourth-order valence-electron chi connectivity index (χ4n) is 1.66. The molecule has 1 aromatic heterocycles. The molecule has 4 nitrogen and oxygen atoms in total. The third kappa shape index (κ3) is 2.56. The van der Waals surface area contributed by atoms with Gasteiger partial charge in [0.1, 0.15) is 12.4 Å². The van der Waals surface area contributed by atoms with Gasteiger partial charge >= 0.3 is 0 Å². The minimum atomic E-state index is -0.526. The van der Waals surface area contributed by atoms with E-state index in [1.807, 2.05) is 17.7 Å². The molecule has 2 rings (SSSR count). The van der Waals surface area contributed by atoms with Crippen molar-refractivity contribution in [3.8, 4) is 5.75 Å². The Bertz CT molecular complexity index is 552. The Labute approximate surface area is 104 Å². The first-order valence-electron chi connectivity index (χ1n) is 5.56. The molecule has 0 atom stereocenters. The molecule has 18 heavy (non-hydrogen) atoms. The lowest BCUT2D eigenvalue weighted by Crippen LogP contribution is -2.10. The summed E-state index contributed by atoms with van der Waals surface area (Å²) in [7, 11) is 0. The van der Waals surface area contributed by atoms with E-state index < -0.39 is 5.82 Å². The Balaban J connectivity index is 2.02. The van der Waals surface area contributed by atoms with Crippen molar-refractivity contribution in [3.63, 3.8) is 0 Å². The van der Waals surface area contributed by atoms with Crippen LogP contribution in [0.4, 0.5) is 4.39 Å². The molecule has 2 aromatic rings. The molecule has 0 saturated carbocycles. The van der Waals surface area contributed by atoms with Crippen LogP contribution in [0.15, 0.2) is 30.6 Å². The standard InChI is InChI=1S/C13H13FN2O2/c1-10-15-5-6-16(10)7-8-18-13-11(9-17)3-2-4-12(13)14/h2-6,9H,7-8H2,1H3. The van der Waals surface area contributed by atoms with Crippen LogP contribution in [0.25, 0.3) is 0 Å². The molecule has 0 aliphatic heterocycles. The average Bonchev–Trinajstić information content (AvgIpc) is 2.77. The lowest BCUT2D eigenvalue weighted by Gasteiger charge is -2.10. The Morgan fingerprint density at radius 3 is 3.00 bits per heavy atom. The smallest absolute Gasteiger partial charge is 0.165 e. The van der Waals surface area contributed by atoms with Gasteiger partial charge in [0.2, 0.25) is 0 Å². The zero-order valence-electron chi connectivity index (χ0n) is 9.97. The normalized spacial score (nSPS) is 10.3. The van der Waals surface area contributed by atoms with E-state index in [0.29, 0.717) is 12.8 Å². The van der Waals surface area contributed by atoms with Crippen LogP contribution < -0.4 is 4.74 Å². The van der Waals surface area contributed by atoms with E-state index in [1.165, 1.54) is 18.2 Å². The van der Waals surface area contributed by atoms with Gasteiger partial charge in [-0.2, -0.15) is 0 Å². The number of carbonyl (C=O) groups is 1. The number of ether oxygens (including phenoxy) is 1. The summed E-state index contributed by atoms with van der Waals surface area (Å²) in [5.74, 6) is 0.343. The van der Waals surface area contributed by atoms with Gasteiger partial charge in [0, 0.05) is 12.4 Å². The van der Waals surface area contributed by atoms with Crippen LogP contribution in [0, 0.1) is 12.7 Å². The molecule has 0 aliphatic carbocycles. The topological polar surface area (TPSA) is 44.1 Å². The summed E-state index contributed by atoms with van der Waals surface area (Å²) < 4.78 is 20.7. The molecule has 0 fully saturated rings. The van der Waals surface area contributed by atoms with Crippen LogP contribution in [0.3, 0.4) is 0 Å². The van der Waals surface area contributed by atoms with E-state index in [4.69, 9.17) is 4.74 Å². The molecule has 0 bridgehead atoms. The third-order valence-electron chi connectivity index (χ3n) is 2.63. The molecule has 0 spiro atoms. The predicted octanol–water partition coefficient (Wildman–Crippen LogP) is 2.22. The van der Waals surface area contributed by atoms with Crippen LogP contribution in [0.5, 0.6) is 5.75 Å². The number of aromatic nitrogens is 2. The molecule has 0 N–H and O–H groups in total. The molecular weight excluding hydrogens is 235 g/mol. The summed E-state index contributed by atoms with van der Waals surface area (Å²) in [6, 6.07) is 4.27. The van der Waals surface area contributed by atoms with Crippen molar-refractivity contribution in [1.29, 1.82) is 0 Å². The first kappa shape index (κ1) is 12.3. The van der Waals surface area contributed by atoms with Gasteiger partial charge in [0.25, 0.3) is 0 Å². The maximum Gasteiger partial charge on any atom is 0.165 e. The number of carbonyl (C=O) groups excluding carboxylic acids is 1. The number of benzene rings is 1. The highest BCUT2D eigenvalue weighted by Gasteiger charge is 2.09. The van der Waals surface area contributed by atoms with Crippen molar-refractivity contribution in [3.05, 3.63) is 47.8 Å². The van der Waals surface area contributed by atoms with Crippen LogP contribution in [-0.2, 0) is 6.54 Å². The van der Waals surface area contributed by atoms with Gasteiger partial charge in [-0.05, 0) is 19.1 Å². The number of halogens is 1. The molecule has 0 unspecified atom stereocenters. The second kappa shape index (κ2) is 5.44. The highest BCUT2D eigenvalue weighted by molar-refractivity contribution is 5.79. The molecule has 0 aliphatic rings. The van der Waals surface area contributed by atoms with Gasteiger partial charge in [0.15, 0.2) is 17.9 Å². The average molecular weight is 248 g/mol. The molecule has 5 heteroatoms. The number of hydrogen-bond acceptors (Lipinski definition) is 3. The second-order valence-electron chi connectivity index (χ2n) is 3.79. The first-order valence-corrected chi connectivity index (χ1v) is 5.56. The van der Waals surface area contributed by atoms with E-state index in [0.717, 1.165) is 5.82 Å². The zero-order valence-corrected chi connectivity index (χ0v) is 9.97.